The summed E-state index contributed by atoms with van der Waals surface area (Å²) in [5.74, 6) is 0.120. The molecule has 1 amide bonds. The number of hydrogen-bond donors (Lipinski definition) is 3. The van der Waals surface area contributed by atoms with Gasteiger partial charge >= 0.3 is 0 Å². The molecule has 2 fully saturated rings. The Morgan fingerprint density at radius 2 is 1.92 bits per heavy atom. The maximum Gasteiger partial charge on any atom is 0.242 e. The molecule has 0 bridgehead atoms. The molecule has 0 radical (unpaired) electrons. The summed E-state index contributed by atoms with van der Waals surface area (Å²) in [6.07, 6.45) is 7.41. The summed E-state index contributed by atoms with van der Waals surface area (Å²) in [5, 5.41) is 0. The second-order valence-electron chi connectivity index (χ2n) is 7.42. The van der Waals surface area contributed by atoms with Crippen LogP contribution in [0, 0.1) is 0 Å². The molecule has 4 N–H and O–H groups in total. The molecule has 1 heterocycles. The first-order valence-corrected chi connectivity index (χ1v) is 9.19. The number of nitrogens with two attached hydrogens (primary N) is 1. The Morgan fingerprint density at radius 1 is 1.20 bits per heavy atom. The van der Waals surface area contributed by atoms with E-state index in [1.54, 1.807) is 0 Å². The Morgan fingerprint density at radius 3 is 2.60 bits per heavy atom. The summed E-state index contributed by atoms with van der Waals surface area (Å²) < 4.78 is 0. The average molecular weight is 367 g/mol. The normalized spacial score (nSPS) is 23.8. The van der Waals surface area contributed by atoms with Crippen LogP contribution in [0.3, 0.4) is 0 Å². The summed E-state index contributed by atoms with van der Waals surface area (Å²) in [5.41, 5.74) is 13.6. The summed E-state index contributed by atoms with van der Waals surface area (Å²) in [7, 11) is 1.88. The molecule has 3 rings (SSSR count). The fourth-order valence-corrected chi connectivity index (χ4v) is 3.46. The van der Waals surface area contributed by atoms with Crippen LogP contribution in [-0.2, 0) is 4.79 Å². The van der Waals surface area contributed by atoms with Gasteiger partial charge in [-0.2, -0.15) is 0 Å². The van der Waals surface area contributed by atoms with Crippen LogP contribution in [0.15, 0.2) is 30.3 Å². The lowest BCUT2D eigenvalue weighted by Gasteiger charge is -2.20. The number of nitrogens with zero attached hydrogens (tertiary/aromatic N) is 1. The van der Waals surface area contributed by atoms with Gasteiger partial charge < -0.3 is 10.6 Å². The zero-order chi connectivity index (χ0) is 17.0. The molecular formula is C19H31ClN4O. The van der Waals surface area contributed by atoms with Crippen LogP contribution < -0.4 is 16.6 Å². The van der Waals surface area contributed by atoms with Gasteiger partial charge in [-0.1, -0.05) is 43.2 Å². The topological polar surface area (TPSA) is 70.4 Å². The molecule has 0 spiro atoms. The first-order chi connectivity index (χ1) is 11.6. The van der Waals surface area contributed by atoms with Crippen LogP contribution in [0.1, 0.15) is 56.6 Å². The van der Waals surface area contributed by atoms with Crippen molar-refractivity contribution < 1.29 is 4.79 Å². The van der Waals surface area contributed by atoms with E-state index in [1.165, 1.54) is 18.4 Å². The third kappa shape index (κ3) is 5.42. The van der Waals surface area contributed by atoms with Gasteiger partial charge in [0.1, 0.15) is 0 Å². The molecule has 25 heavy (non-hydrogen) atoms. The number of carbonyl (C=O) groups excluding carboxylic acids is 1. The fraction of sp³-hybridized carbons (Fsp3) is 0.632. The van der Waals surface area contributed by atoms with Crippen LogP contribution >= 0.6 is 12.4 Å². The number of likely N-dealkylation sites (N-methyl/N-ethyl adjacent to an activating group) is 1. The average Bonchev–Trinajstić information content (AvgIpc) is 3.18. The molecule has 1 aliphatic heterocycles. The van der Waals surface area contributed by atoms with Crippen molar-refractivity contribution in [2.24, 2.45) is 5.73 Å². The van der Waals surface area contributed by atoms with E-state index in [1.807, 2.05) is 11.9 Å². The number of rotatable bonds is 8. The van der Waals surface area contributed by atoms with Gasteiger partial charge in [-0.25, -0.2) is 0 Å². The van der Waals surface area contributed by atoms with Crippen LogP contribution in [0.2, 0.25) is 0 Å². The van der Waals surface area contributed by atoms with Gasteiger partial charge in [0.2, 0.25) is 5.91 Å². The van der Waals surface area contributed by atoms with Crippen molar-refractivity contribution in [1.29, 1.82) is 0 Å². The van der Waals surface area contributed by atoms with Crippen molar-refractivity contribution in [1.82, 2.24) is 15.8 Å². The SMILES string of the molecule is CN(CCCCCC1CC(c2ccccc2)NN1)C(=O)C1(N)CC1.Cl. The van der Waals surface area contributed by atoms with Gasteiger partial charge in [-0.15, -0.1) is 12.4 Å². The molecule has 2 unspecified atom stereocenters. The lowest BCUT2D eigenvalue weighted by Crippen LogP contribution is -2.44. The van der Waals surface area contributed by atoms with E-state index in [4.69, 9.17) is 5.73 Å². The highest BCUT2D eigenvalue weighted by molar-refractivity contribution is 5.88. The van der Waals surface area contributed by atoms with E-state index < -0.39 is 5.54 Å². The highest BCUT2D eigenvalue weighted by Crippen LogP contribution is 2.33. The van der Waals surface area contributed by atoms with Crippen molar-refractivity contribution in [3.63, 3.8) is 0 Å². The number of hydrazine groups is 1. The van der Waals surface area contributed by atoms with Gasteiger partial charge in [0.25, 0.3) is 0 Å². The number of carbonyl (C=O) groups is 1. The first-order valence-electron chi connectivity index (χ1n) is 9.19. The largest absolute Gasteiger partial charge is 0.344 e. The standard InChI is InChI=1S/C19H30N4O.ClH/c1-23(18(24)19(20)11-12-19)13-7-3-6-10-16-14-17(22-21-16)15-8-4-2-5-9-15;/h2,4-5,8-9,16-17,21-22H,3,6-7,10-14,20H2,1H3;1H. The van der Waals surface area contributed by atoms with E-state index in [0.29, 0.717) is 12.1 Å². The minimum Gasteiger partial charge on any atom is -0.344 e. The van der Waals surface area contributed by atoms with Gasteiger partial charge in [0.05, 0.1) is 5.54 Å². The molecule has 2 aliphatic rings. The van der Waals surface area contributed by atoms with Crippen LogP contribution in [0.4, 0.5) is 0 Å². The molecule has 6 heteroatoms. The fourth-order valence-electron chi connectivity index (χ4n) is 3.46. The minimum atomic E-state index is -0.527. The predicted octanol–water partition coefficient (Wildman–Crippen LogP) is 2.53. The molecule has 5 nitrogen and oxygen atoms in total. The van der Waals surface area contributed by atoms with Crippen molar-refractivity contribution in [2.45, 2.75) is 62.6 Å². The number of nitrogens with one attached hydrogen (secondary N) is 2. The predicted molar refractivity (Wildman–Crippen MR) is 103 cm³/mol. The van der Waals surface area contributed by atoms with Crippen LogP contribution in [-0.4, -0.2) is 36.0 Å². The Bertz CT molecular complexity index is 550. The van der Waals surface area contributed by atoms with Crippen LogP contribution in [0.5, 0.6) is 0 Å². The minimum absolute atomic E-state index is 0. The van der Waals surface area contributed by atoms with E-state index in [0.717, 1.165) is 38.6 Å². The summed E-state index contributed by atoms with van der Waals surface area (Å²) in [4.78, 5) is 13.9. The molecule has 1 saturated heterocycles. The van der Waals surface area contributed by atoms with Gasteiger partial charge in [0.15, 0.2) is 0 Å². The van der Waals surface area contributed by atoms with Crippen molar-refractivity contribution in [3.8, 4) is 0 Å². The number of unbranched alkanes of at least 4 members (excludes halogenated alkanes) is 2. The van der Waals surface area contributed by atoms with Crippen molar-refractivity contribution >= 4 is 18.3 Å². The smallest absolute Gasteiger partial charge is 0.242 e. The molecule has 1 aromatic carbocycles. The highest BCUT2D eigenvalue weighted by atomic mass is 35.5. The maximum atomic E-state index is 12.1. The Hall–Kier alpha value is -1.14. The lowest BCUT2D eigenvalue weighted by atomic mass is 9.99. The third-order valence-corrected chi connectivity index (χ3v) is 5.29. The Labute approximate surface area is 157 Å². The quantitative estimate of drug-likeness (QED) is 0.618. The lowest BCUT2D eigenvalue weighted by molar-refractivity contribution is -0.132. The third-order valence-electron chi connectivity index (χ3n) is 5.29. The van der Waals surface area contributed by atoms with Gasteiger partial charge in [0, 0.05) is 25.7 Å². The number of hydrogen-bond acceptors (Lipinski definition) is 4. The van der Waals surface area contributed by atoms with Gasteiger partial charge in [-0.05, 0) is 37.7 Å². The summed E-state index contributed by atoms with van der Waals surface area (Å²) in [6, 6.07) is 11.6. The molecule has 140 valence electrons. The van der Waals surface area contributed by atoms with Gasteiger partial charge in [-0.3, -0.25) is 15.6 Å². The summed E-state index contributed by atoms with van der Waals surface area (Å²) >= 11 is 0. The molecule has 0 aromatic heterocycles. The Balaban J connectivity index is 0.00000225. The first kappa shape index (κ1) is 20.2. The van der Waals surface area contributed by atoms with E-state index >= 15 is 0 Å². The number of amides is 1. The zero-order valence-corrected chi connectivity index (χ0v) is 15.9. The monoisotopic (exact) mass is 366 g/mol. The summed E-state index contributed by atoms with van der Waals surface area (Å²) in [6.45, 7) is 0.820. The molecule has 2 atom stereocenters. The van der Waals surface area contributed by atoms with Crippen molar-refractivity contribution in [2.75, 3.05) is 13.6 Å². The maximum absolute atomic E-state index is 12.1. The number of benzene rings is 1. The second kappa shape index (κ2) is 8.99. The van der Waals surface area contributed by atoms with E-state index in [9.17, 15) is 4.79 Å². The van der Waals surface area contributed by atoms with E-state index in [-0.39, 0.29) is 18.3 Å². The van der Waals surface area contributed by atoms with Crippen molar-refractivity contribution in [3.05, 3.63) is 35.9 Å². The molecular weight excluding hydrogens is 336 g/mol. The highest BCUT2D eigenvalue weighted by Gasteiger charge is 2.47. The van der Waals surface area contributed by atoms with Crippen LogP contribution in [0.25, 0.3) is 0 Å². The molecule has 1 aromatic rings. The zero-order valence-electron chi connectivity index (χ0n) is 15.0. The Kier molecular flexibility index (Phi) is 7.25. The number of halogens is 1. The van der Waals surface area contributed by atoms with E-state index in [2.05, 4.69) is 41.2 Å². The molecule has 1 saturated carbocycles. The second-order valence-corrected chi connectivity index (χ2v) is 7.42. The molecule has 1 aliphatic carbocycles.